The number of hydrogen-bond acceptors (Lipinski definition) is 5. The lowest BCUT2D eigenvalue weighted by molar-refractivity contribution is -0.122. The maximum atomic E-state index is 12.8. The molecule has 0 saturated heterocycles. The first-order valence-electron chi connectivity index (χ1n) is 9.25. The lowest BCUT2D eigenvalue weighted by Gasteiger charge is -2.15. The second kappa shape index (κ2) is 9.23. The van der Waals surface area contributed by atoms with Crippen LogP contribution in [-0.2, 0) is 11.2 Å². The Morgan fingerprint density at radius 1 is 1.13 bits per heavy atom. The third-order valence-electron chi connectivity index (χ3n) is 4.58. The van der Waals surface area contributed by atoms with Crippen molar-refractivity contribution < 1.29 is 9.59 Å². The molecule has 2 amide bonds. The zero-order valence-corrected chi connectivity index (χ0v) is 19.8. The van der Waals surface area contributed by atoms with E-state index in [0.717, 1.165) is 29.1 Å². The van der Waals surface area contributed by atoms with Crippen molar-refractivity contribution in [1.29, 1.82) is 0 Å². The zero-order valence-electron chi connectivity index (χ0n) is 16.0. The van der Waals surface area contributed by atoms with E-state index in [9.17, 15) is 9.59 Å². The standard InChI is InChI=1S/C22H18IN3O2S2/c1-24-20(27)17(11-16-10-14-4-2-3-5-19(14)30-16)25-21(28)18-12-29-22(26-18)13-6-8-15(23)9-7-13/h2-10,12,17H,11H2,1H3,(H,24,27)(H,25,28)/t17-/m0/s1. The van der Waals surface area contributed by atoms with E-state index in [4.69, 9.17) is 0 Å². The number of carbonyl (C=O) groups excluding carboxylic acids is 2. The Labute approximate surface area is 195 Å². The molecule has 2 aromatic heterocycles. The Morgan fingerprint density at radius 2 is 1.90 bits per heavy atom. The summed E-state index contributed by atoms with van der Waals surface area (Å²) in [5.74, 6) is -0.577. The van der Waals surface area contributed by atoms with E-state index >= 15 is 0 Å². The monoisotopic (exact) mass is 547 g/mol. The second-order valence-corrected chi connectivity index (χ2v) is 9.91. The van der Waals surface area contributed by atoms with Crippen LogP contribution in [0.25, 0.3) is 20.7 Å². The quantitative estimate of drug-likeness (QED) is 0.344. The molecular formula is C22H18IN3O2S2. The summed E-state index contributed by atoms with van der Waals surface area (Å²) in [4.78, 5) is 30.7. The van der Waals surface area contributed by atoms with Crippen molar-refractivity contribution >= 4 is 67.2 Å². The average molecular weight is 547 g/mol. The normalized spacial score (nSPS) is 11.9. The summed E-state index contributed by atoms with van der Waals surface area (Å²) in [5.41, 5.74) is 1.28. The number of nitrogens with zero attached hydrogens (tertiary/aromatic N) is 1. The van der Waals surface area contributed by atoms with Crippen molar-refractivity contribution in [3.05, 3.63) is 74.1 Å². The van der Waals surface area contributed by atoms with Crippen molar-refractivity contribution in [2.75, 3.05) is 7.05 Å². The van der Waals surface area contributed by atoms with E-state index in [-0.39, 0.29) is 11.8 Å². The van der Waals surface area contributed by atoms with Crippen LogP contribution in [0.2, 0.25) is 0 Å². The molecule has 0 aliphatic rings. The Kier molecular flexibility index (Phi) is 6.45. The van der Waals surface area contributed by atoms with E-state index in [1.807, 2.05) is 42.5 Å². The molecule has 30 heavy (non-hydrogen) atoms. The van der Waals surface area contributed by atoms with Gasteiger partial charge < -0.3 is 10.6 Å². The first-order valence-corrected chi connectivity index (χ1v) is 12.0. The molecule has 8 heteroatoms. The van der Waals surface area contributed by atoms with Crippen molar-refractivity contribution in [3.63, 3.8) is 0 Å². The molecule has 0 aliphatic carbocycles. The molecule has 2 N–H and O–H groups in total. The van der Waals surface area contributed by atoms with Gasteiger partial charge in [-0.1, -0.05) is 30.3 Å². The van der Waals surface area contributed by atoms with Gasteiger partial charge >= 0.3 is 0 Å². The van der Waals surface area contributed by atoms with E-state index in [1.165, 1.54) is 11.3 Å². The number of amides is 2. The van der Waals surface area contributed by atoms with Crippen molar-refractivity contribution in [2.24, 2.45) is 0 Å². The SMILES string of the molecule is CNC(=O)[C@H](Cc1cc2ccccc2s1)NC(=O)c1csc(-c2ccc(I)cc2)n1. The molecule has 0 saturated carbocycles. The smallest absolute Gasteiger partial charge is 0.271 e. The molecule has 0 radical (unpaired) electrons. The summed E-state index contributed by atoms with van der Waals surface area (Å²) in [5, 5.41) is 9.13. The van der Waals surface area contributed by atoms with E-state index < -0.39 is 6.04 Å². The van der Waals surface area contributed by atoms with E-state index in [2.05, 4.69) is 50.3 Å². The third-order valence-corrected chi connectivity index (χ3v) is 7.33. The first kappa shape index (κ1) is 21.0. The lowest BCUT2D eigenvalue weighted by Crippen LogP contribution is -2.47. The summed E-state index contributed by atoms with van der Waals surface area (Å²) in [7, 11) is 1.57. The molecule has 152 valence electrons. The molecule has 5 nitrogen and oxygen atoms in total. The van der Waals surface area contributed by atoms with Crippen LogP contribution in [0.4, 0.5) is 0 Å². The van der Waals surface area contributed by atoms with Gasteiger partial charge in [0.25, 0.3) is 5.91 Å². The number of rotatable bonds is 6. The van der Waals surface area contributed by atoms with Crippen LogP contribution in [0.15, 0.2) is 60.0 Å². The molecule has 0 unspecified atom stereocenters. The van der Waals surface area contributed by atoms with Gasteiger partial charge in [-0.05, 0) is 52.2 Å². The van der Waals surface area contributed by atoms with E-state index in [0.29, 0.717) is 12.1 Å². The topological polar surface area (TPSA) is 71.1 Å². The summed E-state index contributed by atoms with van der Waals surface area (Å²) in [6.45, 7) is 0. The number of likely N-dealkylation sites (N-methyl/N-ethyl adjacent to an activating group) is 1. The minimum absolute atomic E-state index is 0.228. The third kappa shape index (κ3) is 4.71. The fourth-order valence-electron chi connectivity index (χ4n) is 3.06. The van der Waals surface area contributed by atoms with Gasteiger partial charge in [0.15, 0.2) is 0 Å². The lowest BCUT2D eigenvalue weighted by atomic mass is 10.1. The number of thiazole rings is 1. The van der Waals surface area contributed by atoms with Crippen LogP contribution in [0.3, 0.4) is 0 Å². The molecule has 1 atom stereocenters. The number of halogens is 1. The number of thiophene rings is 1. The molecule has 4 aromatic rings. The Morgan fingerprint density at radius 3 is 2.63 bits per heavy atom. The highest BCUT2D eigenvalue weighted by Crippen LogP contribution is 2.27. The van der Waals surface area contributed by atoms with Gasteiger partial charge in [0.1, 0.15) is 16.7 Å². The van der Waals surface area contributed by atoms with Crippen LogP contribution in [0, 0.1) is 3.57 Å². The minimum atomic E-state index is -0.668. The van der Waals surface area contributed by atoms with Gasteiger partial charge in [-0.15, -0.1) is 22.7 Å². The van der Waals surface area contributed by atoms with Crippen LogP contribution < -0.4 is 10.6 Å². The Hall–Kier alpha value is -2.30. The van der Waals surface area contributed by atoms with E-state index in [1.54, 1.807) is 23.8 Å². The highest BCUT2D eigenvalue weighted by molar-refractivity contribution is 14.1. The number of fused-ring (bicyclic) bond motifs is 1. The van der Waals surface area contributed by atoms with Crippen LogP contribution in [0.5, 0.6) is 0 Å². The maximum Gasteiger partial charge on any atom is 0.271 e. The summed E-state index contributed by atoms with van der Waals surface area (Å²) < 4.78 is 2.30. The second-order valence-electron chi connectivity index (χ2n) is 6.64. The minimum Gasteiger partial charge on any atom is -0.357 e. The van der Waals surface area contributed by atoms with Crippen molar-refractivity contribution in [2.45, 2.75) is 12.5 Å². The van der Waals surface area contributed by atoms with Gasteiger partial charge in [0.2, 0.25) is 5.91 Å². The van der Waals surface area contributed by atoms with Crippen LogP contribution >= 0.6 is 45.3 Å². The zero-order chi connectivity index (χ0) is 21.1. The van der Waals surface area contributed by atoms with Crippen molar-refractivity contribution in [3.8, 4) is 10.6 Å². The largest absolute Gasteiger partial charge is 0.357 e. The highest BCUT2D eigenvalue weighted by Gasteiger charge is 2.23. The number of benzene rings is 2. The molecule has 0 aliphatic heterocycles. The fourth-order valence-corrected chi connectivity index (χ4v) is 5.33. The number of nitrogens with one attached hydrogen (secondary N) is 2. The van der Waals surface area contributed by atoms with Gasteiger partial charge in [-0.2, -0.15) is 0 Å². The predicted octanol–water partition coefficient (Wildman–Crippen LogP) is 4.72. The number of aromatic nitrogens is 1. The average Bonchev–Trinajstić information content (AvgIpc) is 3.40. The molecule has 2 heterocycles. The molecule has 4 rings (SSSR count). The predicted molar refractivity (Wildman–Crippen MR) is 131 cm³/mol. The molecule has 0 spiro atoms. The van der Waals surface area contributed by atoms with Crippen LogP contribution in [0.1, 0.15) is 15.4 Å². The molecule has 2 aromatic carbocycles. The Balaban J connectivity index is 1.51. The fraction of sp³-hybridized carbons (Fsp3) is 0.136. The van der Waals surface area contributed by atoms with Crippen LogP contribution in [-0.4, -0.2) is 29.9 Å². The van der Waals surface area contributed by atoms with Gasteiger partial charge in [0, 0.05) is 37.6 Å². The molecular weight excluding hydrogens is 529 g/mol. The molecule has 0 bridgehead atoms. The highest BCUT2D eigenvalue weighted by atomic mass is 127. The number of hydrogen-bond donors (Lipinski definition) is 2. The summed E-state index contributed by atoms with van der Waals surface area (Å²) in [6, 6.07) is 17.5. The van der Waals surface area contributed by atoms with Gasteiger partial charge in [-0.3, -0.25) is 9.59 Å². The first-order chi connectivity index (χ1) is 14.5. The summed E-state index contributed by atoms with van der Waals surface area (Å²) >= 11 is 5.30. The van der Waals surface area contributed by atoms with Gasteiger partial charge in [-0.25, -0.2) is 4.98 Å². The summed E-state index contributed by atoms with van der Waals surface area (Å²) in [6.07, 6.45) is 0.429. The molecule has 0 fully saturated rings. The number of carbonyl (C=O) groups is 2. The van der Waals surface area contributed by atoms with Gasteiger partial charge in [0.05, 0.1) is 0 Å². The van der Waals surface area contributed by atoms with Crippen molar-refractivity contribution in [1.82, 2.24) is 15.6 Å². The Bertz CT molecular complexity index is 1170. The maximum absolute atomic E-state index is 12.8.